The monoisotopic (exact) mass is 154 g/mol. The van der Waals surface area contributed by atoms with Crippen molar-refractivity contribution in [3.63, 3.8) is 0 Å². The fraction of sp³-hybridized carbons (Fsp3) is 0.375. The maximum absolute atomic E-state index is 10.6. The molecule has 0 radical (unpaired) electrons. The highest BCUT2D eigenvalue weighted by Crippen LogP contribution is 1.77. The van der Waals surface area contributed by atoms with E-state index in [1.54, 1.807) is 6.08 Å². The minimum Gasteiger partial charge on any atom is -0.340 e. The van der Waals surface area contributed by atoms with Crippen molar-refractivity contribution in [2.45, 2.75) is 13.0 Å². The summed E-state index contributed by atoms with van der Waals surface area (Å²) in [6.45, 7) is 9.30. The fourth-order valence-electron chi connectivity index (χ4n) is 0.455. The number of rotatable bonds is 5. The van der Waals surface area contributed by atoms with Crippen LogP contribution in [0.5, 0.6) is 0 Å². The van der Waals surface area contributed by atoms with Gasteiger partial charge in [-0.25, -0.2) is 0 Å². The second kappa shape index (κ2) is 5.68. The van der Waals surface area contributed by atoms with E-state index in [4.69, 9.17) is 0 Å². The summed E-state index contributed by atoms with van der Waals surface area (Å²) < 4.78 is 0. The van der Waals surface area contributed by atoms with E-state index in [1.807, 2.05) is 6.92 Å². The molecule has 0 aliphatic rings. The van der Waals surface area contributed by atoms with Crippen molar-refractivity contribution in [3.05, 3.63) is 25.3 Å². The molecule has 0 aliphatic carbocycles. The van der Waals surface area contributed by atoms with Gasteiger partial charge in [0, 0.05) is 6.04 Å². The molecular weight excluding hydrogens is 140 g/mol. The third-order valence-electron chi connectivity index (χ3n) is 1.23. The summed E-state index contributed by atoms with van der Waals surface area (Å²) in [6, 6.07) is 0.208. The van der Waals surface area contributed by atoms with Gasteiger partial charge in [-0.15, -0.1) is 6.58 Å². The zero-order chi connectivity index (χ0) is 8.69. The van der Waals surface area contributed by atoms with E-state index in [9.17, 15) is 4.79 Å². The van der Waals surface area contributed by atoms with Gasteiger partial charge in [0.05, 0.1) is 6.67 Å². The smallest absolute Gasteiger partial charge is 0.244 e. The zero-order valence-corrected chi connectivity index (χ0v) is 6.76. The Labute approximate surface area is 67.2 Å². The maximum atomic E-state index is 10.6. The molecular formula is C8H14N2O. The van der Waals surface area contributed by atoms with Crippen LogP contribution in [0.15, 0.2) is 25.3 Å². The summed E-state index contributed by atoms with van der Waals surface area (Å²) in [5.74, 6) is -0.172. The van der Waals surface area contributed by atoms with E-state index in [-0.39, 0.29) is 11.9 Å². The normalized spacial score (nSPS) is 11.7. The predicted molar refractivity (Wildman–Crippen MR) is 46.0 cm³/mol. The molecule has 0 aromatic heterocycles. The topological polar surface area (TPSA) is 41.1 Å². The molecule has 1 atom stereocenters. The van der Waals surface area contributed by atoms with Gasteiger partial charge in [-0.1, -0.05) is 12.7 Å². The molecule has 0 heterocycles. The molecule has 0 aliphatic heterocycles. The van der Waals surface area contributed by atoms with Gasteiger partial charge in [-0.05, 0) is 13.0 Å². The SMILES string of the molecule is C=CC(=O)NCNC(C)C=C. The Bertz CT molecular complexity index is 154. The summed E-state index contributed by atoms with van der Waals surface area (Å²) in [4.78, 5) is 10.6. The lowest BCUT2D eigenvalue weighted by molar-refractivity contribution is -0.116. The fourth-order valence-corrected chi connectivity index (χ4v) is 0.455. The number of amides is 1. The first-order valence-corrected chi connectivity index (χ1v) is 3.47. The van der Waals surface area contributed by atoms with Gasteiger partial charge in [-0.2, -0.15) is 0 Å². The van der Waals surface area contributed by atoms with Crippen LogP contribution in [0.4, 0.5) is 0 Å². The van der Waals surface area contributed by atoms with E-state index < -0.39 is 0 Å². The summed E-state index contributed by atoms with van der Waals surface area (Å²) in [5.41, 5.74) is 0. The first-order valence-electron chi connectivity index (χ1n) is 3.47. The van der Waals surface area contributed by atoms with Gasteiger partial charge in [0.25, 0.3) is 0 Å². The van der Waals surface area contributed by atoms with Crippen molar-refractivity contribution < 1.29 is 4.79 Å². The molecule has 11 heavy (non-hydrogen) atoms. The summed E-state index contributed by atoms with van der Waals surface area (Å²) in [5, 5.41) is 5.58. The van der Waals surface area contributed by atoms with Crippen LogP contribution in [0.1, 0.15) is 6.92 Å². The maximum Gasteiger partial charge on any atom is 0.244 e. The van der Waals surface area contributed by atoms with Crippen LogP contribution in [-0.4, -0.2) is 18.6 Å². The summed E-state index contributed by atoms with van der Waals surface area (Å²) in [7, 11) is 0. The lowest BCUT2D eigenvalue weighted by atomic mass is 10.3. The van der Waals surface area contributed by atoms with Gasteiger partial charge in [0.1, 0.15) is 0 Å². The van der Waals surface area contributed by atoms with Crippen molar-refractivity contribution in [3.8, 4) is 0 Å². The molecule has 0 fully saturated rings. The molecule has 0 rings (SSSR count). The van der Waals surface area contributed by atoms with Gasteiger partial charge < -0.3 is 5.32 Å². The Morgan fingerprint density at radius 1 is 1.64 bits per heavy atom. The van der Waals surface area contributed by atoms with E-state index in [1.165, 1.54) is 6.08 Å². The molecule has 0 aromatic carbocycles. The lowest BCUT2D eigenvalue weighted by Crippen LogP contribution is -2.36. The van der Waals surface area contributed by atoms with E-state index in [0.29, 0.717) is 6.67 Å². The van der Waals surface area contributed by atoms with Crippen molar-refractivity contribution in [1.29, 1.82) is 0 Å². The third kappa shape index (κ3) is 5.36. The number of carbonyl (C=O) groups is 1. The van der Waals surface area contributed by atoms with Crippen molar-refractivity contribution in [2.75, 3.05) is 6.67 Å². The number of hydrogen-bond acceptors (Lipinski definition) is 2. The van der Waals surface area contributed by atoms with Crippen LogP contribution in [-0.2, 0) is 4.79 Å². The van der Waals surface area contributed by atoms with Crippen LogP contribution in [0.25, 0.3) is 0 Å². The van der Waals surface area contributed by atoms with Crippen LogP contribution in [0.3, 0.4) is 0 Å². The van der Waals surface area contributed by atoms with Crippen LogP contribution < -0.4 is 10.6 Å². The number of hydrogen-bond donors (Lipinski definition) is 2. The zero-order valence-electron chi connectivity index (χ0n) is 6.76. The minimum atomic E-state index is -0.172. The van der Waals surface area contributed by atoms with Gasteiger partial charge in [-0.3, -0.25) is 10.1 Å². The molecule has 3 heteroatoms. The Balaban J connectivity index is 3.33. The molecule has 1 unspecified atom stereocenters. The molecule has 0 bridgehead atoms. The van der Waals surface area contributed by atoms with Gasteiger partial charge in [0.2, 0.25) is 5.91 Å². The lowest BCUT2D eigenvalue weighted by Gasteiger charge is -2.08. The van der Waals surface area contributed by atoms with Crippen molar-refractivity contribution in [1.82, 2.24) is 10.6 Å². The highest BCUT2D eigenvalue weighted by atomic mass is 16.1. The minimum absolute atomic E-state index is 0.172. The molecule has 0 spiro atoms. The first-order chi connectivity index (χ1) is 5.20. The largest absolute Gasteiger partial charge is 0.340 e. The number of nitrogens with one attached hydrogen (secondary N) is 2. The molecule has 0 aromatic rings. The molecule has 0 saturated heterocycles. The van der Waals surface area contributed by atoms with Crippen molar-refractivity contribution in [2.24, 2.45) is 0 Å². The highest BCUT2D eigenvalue weighted by molar-refractivity contribution is 5.86. The Kier molecular flexibility index (Phi) is 5.11. The van der Waals surface area contributed by atoms with E-state index in [2.05, 4.69) is 23.8 Å². The molecule has 62 valence electrons. The predicted octanol–water partition coefficient (Wildman–Crippen LogP) is 0.410. The Morgan fingerprint density at radius 3 is 2.73 bits per heavy atom. The molecule has 3 nitrogen and oxygen atoms in total. The van der Waals surface area contributed by atoms with E-state index >= 15 is 0 Å². The standard InChI is InChI=1S/C8H14N2O/c1-4-7(3)9-6-10-8(11)5-2/h4-5,7,9H,1-2,6H2,3H3,(H,10,11). The average molecular weight is 154 g/mol. The van der Waals surface area contributed by atoms with Crippen molar-refractivity contribution >= 4 is 5.91 Å². The summed E-state index contributed by atoms with van der Waals surface area (Å²) >= 11 is 0. The molecule has 2 N–H and O–H groups in total. The quantitative estimate of drug-likeness (QED) is 0.342. The van der Waals surface area contributed by atoms with Crippen LogP contribution >= 0.6 is 0 Å². The first kappa shape index (κ1) is 9.91. The average Bonchev–Trinajstić information content (AvgIpc) is 2.04. The van der Waals surface area contributed by atoms with E-state index in [0.717, 1.165) is 0 Å². The summed E-state index contributed by atoms with van der Waals surface area (Å²) in [6.07, 6.45) is 3.00. The molecule has 0 saturated carbocycles. The van der Waals surface area contributed by atoms with Crippen LogP contribution in [0, 0.1) is 0 Å². The third-order valence-corrected chi connectivity index (χ3v) is 1.23. The molecule has 1 amide bonds. The second-order valence-corrected chi connectivity index (χ2v) is 2.15. The Morgan fingerprint density at radius 2 is 2.27 bits per heavy atom. The highest BCUT2D eigenvalue weighted by Gasteiger charge is 1.94. The van der Waals surface area contributed by atoms with Crippen LogP contribution in [0.2, 0.25) is 0 Å². The Hall–Kier alpha value is -1.09. The van der Waals surface area contributed by atoms with Gasteiger partial charge in [0.15, 0.2) is 0 Å². The second-order valence-electron chi connectivity index (χ2n) is 2.15. The van der Waals surface area contributed by atoms with Gasteiger partial charge >= 0.3 is 0 Å². The number of carbonyl (C=O) groups excluding carboxylic acids is 1.